The van der Waals surface area contributed by atoms with Crippen molar-refractivity contribution in [2.45, 2.75) is 30.0 Å². The van der Waals surface area contributed by atoms with E-state index in [-0.39, 0.29) is 0 Å². The smallest absolute Gasteiger partial charge is 0.166 e. The third-order valence-electron chi connectivity index (χ3n) is 2.99. The highest BCUT2D eigenvalue weighted by Gasteiger charge is 2.44. The monoisotopic (exact) mass is 320 g/mol. The number of aryl methyl sites for hydroxylation is 1. The van der Waals surface area contributed by atoms with Gasteiger partial charge in [0.1, 0.15) is 6.10 Å². The van der Waals surface area contributed by atoms with E-state index in [0.717, 1.165) is 11.8 Å². The van der Waals surface area contributed by atoms with Crippen molar-refractivity contribution in [2.24, 2.45) is 0 Å². The maximum absolute atomic E-state index is 11.8. The Bertz CT molecular complexity index is 498. The van der Waals surface area contributed by atoms with Crippen molar-refractivity contribution in [3.8, 4) is 0 Å². The van der Waals surface area contributed by atoms with E-state index in [4.69, 9.17) is 0 Å². The molecule has 0 spiro atoms. The van der Waals surface area contributed by atoms with Gasteiger partial charge in [0.15, 0.2) is 13.5 Å². The molecule has 2 atom stereocenters. The molecule has 1 N–H and O–H groups in total. The fourth-order valence-electron chi connectivity index (χ4n) is 1.78. The SMILES string of the molecule is CC[C@@](Br)([C@@H](O)c1ccccc1C)S(C)(=O)=O. The Labute approximate surface area is 111 Å². The van der Waals surface area contributed by atoms with E-state index in [1.807, 2.05) is 19.1 Å². The van der Waals surface area contributed by atoms with Crippen LogP contribution >= 0.6 is 15.9 Å². The van der Waals surface area contributed by atoms with Crippen molar-refractivity contribution in [2.75, 3.05) is 6.26 Å². The van der Waals surface area contributed by atoms with Gasteiger partial charge < -0.3 is 5.11 Å². The van der Waals surface area contributed by atoms with Gasteiger partial charge in [-0.05, 0) is 24.5 Å². The number of alkyl halides is 1. The van der Waals surface area contributed by atoms with Crippen LogP contribution in [-0.2, 0) is 9.84 Å². The largest absolute Gasteiger partial charge is 0.386 e. The van der Waals surface area contributed by atoms with Crippen LogP contribution in [0.5, 0.6) is 0 Å². The molecule has 3 nitrogen and oxygen atoms in total. The summed E-state index contributed by atoms with van der Waals surface area (Å²) in [6, 6.07) is 7.24. The summed E-state index contributed by atoms with van der Waals surface area (Å²) < 4.78 is 22.3. The Morgan fingerprint density at radius 1 is 1.41 bits per heavy atom. The molecule has 0 aliphatic carbocycles. The summed E-state index contributed by atoms with van der Waals surface area (Å²) in [5.74, 6) is 0. The highest BCUT2D eigenvalue weighted by Crippen LogP contribution is 2.41. The summed E-state index contributed by atoms with van der Waals surface area (Å²) >= 11 is 3.20. The first-order valence-corrected chi connectivity index (χ1v) is 8.04. The van der Waals surface area contributed by atoms with Gasteiger partial charge in [0.05, 0.1) is 0 Å². The zero-order chi connectivity index (χ0) is 13.3. The number of benzene rings is 1. The van der Waals surface area contributed by atoms with Crippen molar-refractivity contribution >= 4 is 25.8 Å². The van der Waals surface area contributed by atoms with Gasteiger partial charge in [0.25, 0.3) is 0 Å². The van der Waals surface area contributed by atoms with Gasteiger partial charge >= 0.3 is 0 Å². The minimum absolute atomic E-state index is 0.293. The Morgan fingerprint density at radius 2 is 1.94 bits per heavy atom. The zero-order valence-electron chi connectivity index (χ0n) is 10.1. The molecular weight excluding hydrogens is 304 g/mol. The molecule has 0 amide bonds. The highest BCUT2D eigenvalue weighted by molar-refractivity contribution is 9.11. The minimum atomic E-state index is -3.41. The average molecular weight is 321 g/mol. The van der Waals surface area contributed by atoms with Crippen LogP contribution in [0.1, 0.15) is 30.6 Å². The van der Waals surface area contributed by atoms with Crippen LogP contribution in [0.25, 0.3) is 0 Å². The first-order valence-electron chi connectivity index (χ1n) is 5.36. The predicted octanol–water partition coefficient (Wildman–Crippen LogP) is 2.57. The van der Waals surface area contributed by atoms with Gasteiger partial charge in [-0.1, -0.05) is 47.1 Å². The molecule has 5 heteroatoms. The number of halogens is 1. The minimum Gasteiger partial charge on any atom is -0.386 e. The van der Waals surface area contributed by atoms with Crippen LogP contribution in [0.15, 0.2) is 24.3 Å². The number of hydrogen-bond donors (Lipinski definition) is 1. The number of rotatable bonds is 4. The van der Waals surface area contributed by atoms with Gasteiger partial charge in [-0.25, -0.2) is 8.42 Å². The molecule has 0 bridgehead atoms. The predicted molar refractivity (Wildman–Crippen MR) is 72.9 cm³/mol. The lowest BCUT2D eigenvalue weighted by Crippen LogP contribution is -2.37. The number of sulfone groups is 1. The van der Waals surface area contributed by atoms with Crippen LogP contribution in [0, 0.1) is 6.92 Å². The van der Waals surface area contributed by atoms with Gasteiger partial charge in [-0.15, -0.1) is 0 Å². The summed E-state index contributed by atoms with van der Waals surface area (Å²) in [6.07, 6.45) is 0.345. The summed E-state index contributed by atoms with van der Waals surface area (Å²) in [5.41, 5.74) is 1.51. The lowest BCUT2D eigenvalue weighted by molar-refractivity contribution is 0.159. The molecule has 0 unspecified atom stereocenters. The van der Waals surface area contributed by atoms with E-state index in [0.29, 0.717) is 12.0 Å². The fraction of sp³-hybridized carbons (Fsp3) is 0.500. The molecule has 96 valence electrons. The normalized spacial score (nSPS) is 17.5. The van der Waals surface area contributed by atoms with E-state index in [1.54, 1.807) is 19.1 Å². The summed E-state index contributed by atoms with van der Waals surface area (Å²) in [7, 11) is -3.41. The van der Waals surface area contributed by atoms with Crippen molar-refractivity contribution < 1.29 is 13.5 Å². The Morgan fingerprint density at radius 3 is 2.35 bits per heavy atom. The summed E-state index contributed by atoms with van der Waals surface area (Å²) in [6.45, 7) is 3.58. The van der Waals surface area contributed by atoms with Crippen LogP contribution < -0.4 is 0 Å². The summed E-state index contributed by atoms with van der Waals surface area (Å²) in [5, 5.41) is 10.3. The van der Waals surface area contributed by atoms with Crippen molar-refractivity contribution in [3.63, 3.8) is 0 Å². The molecule has 17 heavy (non-hydrogen) atoms. The Kier molecular flexibility index (Phi) is 4.38. The molecular formula is C12H17BrO3S. The van der Waals surface area contributed by atoms with Crippen LogP contribution in [0.3, 0.4) is 0 Å². The van der Waals surface area contributed by atoms with Gasteiger partial charge in [0, 0.05) is 6.26 Å². The second kappa shape index (κ2) is 5.08. The molecule has 0 aromatic heterocycles. The molecule has 0 aliphatic rings. The maximum atomic E-state index is 11.8. The molecule has 0 fully saturated rings. The molecule has 1 rings (SSSR count). The van der Waals surface area contributed by atoms with E-state index >= 15 is 0 Å². The van der Waals surface area contributed by atoms with Crippen LogP contribution in [-0.4, -0.2) is 23.4 Å². The maximum Gasteiger partial charge on any atom is 0.166 e. The number of aliphatic hydroxyl groups excluding tert-OH is 1. The van der Waals surface area contributed by atoms with Crippen LogP contribution in [0.2, 0.25) is 0 Å². The third-order valence-corrected chi connectivity index (χ3v) is 7.49. The van der Waals surface area contributed by atoms with Crippen LogP contribution in [0.4, 0.5) is 0 Å². The van der Waals surface area contributed by atoms with E-state index in [2.05, 4.69) is 15.9 Å². The lowest BCUT2D eigenvalue weighted by atomic mass is 10.00. The van der Waals surface area contributed by atoms with Crippen molar-refractivity contribution in [1.29, 1.82) is 0 Å². The van der Waals surface area contributed by atoms with Gasteiger partial charge in [0.2, 0.25) is 0 Å². The quantitative estimate of drug-likeness (QED) is 0.867. The fourth-order valence-corrected chi connectivity index (χ4v) is 3.09. The summed E-state index contributed by atoms with van der Waals surface area (Å²) in [4.78, 5) is 0. The molecule has 1 aromatic carbocycles. The first-order chi connectivity index (χ1) is 7.74. The molecule has 0 saturated heterocycles. The van der Waals surface area contributed by atoms with Gasteiger partial charge in [-0.2, -0.15) is 0 Å². The van der Waals surface area contributed by atoms with E-state index in [9.17, 15) is 13.5 Å². The zero-order valence-corrected chi connectivity index (χ0v) is 12.5. The molecule has 0 aliphatic heterocycles. The van der Waals surface area contributed by atoms with Crippen molar-refractivity contribution in [1.82, 2.24) is 0 Å². The third kappa shape index (κ3) is 2.72. The Hall–Kier alpha value is -0.390. The molecule has 1 aromatic rings. The lowest BCUT2D eigenvalue weighted by Gasteiger charge is -2.30. The second-order valence-corrected chi connectivity index (χ2v) is 8.38. The topological polar surface area (TPSA) is 54.4 Å². The van der Waals surface area contributed by atoms with E-state index in [1.165, 1.54) is 0 Å². The molecule has 0 saturated carbocycles. The number of hydrogen-bond acceptors (Lipinski definition) is 3. The van der Waals surface area contributed by atoms with Crippen molar-refractivity contribution in [3.05, 3.63) is 35.4 Å². The molecule has 0 radical (unpaired) electrons. The standard InChI is InChI=1S/C12H17BrO3S/c1-4-12(13,17(3,15)16)11(14)10-8-6-5-7-9(10)2/h5-8,11,14H,4H2,1-3H3/t11-,12-/m0/s1. The number of aliphatic hydroxyl groups is 1. The average Bonchev–Trinajstić information content (AvgIpc) is 2.26. The molecule has 0 heterocycles. The Balaban J connectivity index is 3.29. The highest BCUT2D eigenvalue weighted by atomic mass is 79.9. The second-order valence-electron chi connectivity index (χ2n) is 4.17. The first kappa shape index (κ1) is 14.7. The van der Waals surface area contributed by atoms with Gasteiger partial charge in [-0.3, -0.25) is 0 Å². The van der Waals surface area contributed by atoms with E-state index < -0.39 is 19.6 Å².